The zero-order chi connectivity index (χ0) is 17.0. The molecular weight excluding hydrogens is 299 g/mol. The molecule has 0 aliphatic heterocycles. The summed E-state index contributed by atoms with van der Waals surface area (Å²) in [6.07, 6.45) is 0.829. The van der Waals surface area contributed by atoms with E-state index in [2.05, 4.69) is 10.3 Å². The van der Waals surface area contributed by atoms with Gasteiger partial charge in [-0.3, -0.25) is 5.32 Å². The Kier molecular flexibility index (Phi) is 4.83. The summed E-state index contributed by atoms with van der Waals surface area (Å²) in [6.45, 7) is 5.35. The largest absolute Gasteiger partial charge is 0.494 e. The summed E-state index contributed by atoms with van der Waals surface area (Å²) in [5, 5.41) is 2.66. The molecule has 0 bridgehead atoms. The molecule has 122 valence electrons. The molecule has 6 heteroatoms. The lowest BCUT2D eigenvalue weighted by atomic mass is 10.1. The van der Waals surface area contributed by atoms with Crippen LogP contribution in [-0.2, 0) is 4.74 Å². The fourth-order valence-corrected chi connectivity index (χ4v) is 2.03. The predicted molar refractivity (Wildman–Crippen MR) is 86.0 cm³/mol. The Morgan fingerprint density at radius 3 is 2.52 bits per heavy atom. The van der Waals surface area contributed by atoms with Gasteiger partial charge in [-0.05, 0) is 39.0 Å². The zero-order valence-corrected chi connectivity index (χ0v) is 13.5. The first-order valence-corrected chi connectivity index (χ1v) is 7.09. The quantitative estimate of drug-likeness (QED) is 0.860. The molecule has 0 atom stereocenters. The molecule has 0 aliphatic rings. The van der Waals surface area contributed by atoms with Crippen LogP contribution in [0.1, 0.15) is 20.8 Å². The van der Waals surface area contributed by atoms with Crippen LogP contribution in [0.25, 0.3) is 11.1 Å². The number of halogens is 1. The van der Waals surface area contributed by atoms with E-state index in [1.54, 1.807) is 45.0 Å². The van der Waals surface area contributed by atoms with Crippen molar-refractivity contribution in [3.05, 3.63) is 42.5 Å². The first kappa shape index (κ1) is 16.7. The van der Waals surface area contributed by atoms with E-state index in [1.165, 1.54) is 19.4 Å². The number of nitrogens with zero attached hydrogens (tertiary/aromatic N) is 1. The van der Waals surface area contributed by atoms with E-state index in [0.717, 1.165) is 0 Å². The summed E-state index contributed by atoms with van der Waals surface area (Å²) in [4.78, 5) is 15.6. The molecule has 5 nitrogen and oxygen atoms in total. The number of rotatable bonds is 3. The molecule has 1 heterocycles. The van der Waals surface area contributed by atoms with E-state index < -0.39 is 17.6 Å². The monoisotopic (exact) mass is 318 g/mol. The van der Waals surface area contributed by atoms with Crippen molar-refractivity contribution < 1.29 is 18.7 Å². The molecule has 0 saturated carbocycles. The van der Waals surface area contributed by atoms with Crippen molar-refractivity contribution in [2.45, 2.75) is 26.4 Å². The summed E-state index contributed by atoms with van der Waals surface area (Å²) in [7, 11) is 1.50. The Balaban J connectivity index is 2.33. The van der Waals surface area contributed by atoms with Crippen LogP contribution < -0.4 is 10.1 Å². The van der Waals surface area contributed by atoms with Crippen molar-refractivity contribution in [1.29, 1.82) is 0 Å². The molecule has 0 aliphatic carbocycles. The molecule has 23 heavy (non-hydrogen) atoms. The minimum atomic E-state index is -0.601. The van der Waals surface area contributed by atoms with E-state index in [9.17, 15) is 9.18 Å². The van der Waals surface area contributed by atoms with Crippen LogP contribution in [0.2, 0.25) is 0 Å². The van der Waals surface area contributed by atoms with Gasteiger partial charge in [-0.25, -0.2) is 9.78 Å². The third-order valence-electron chi connectivity index (χ3n) is 2.89. The Bertz CT molecular complexity index is 694. The maximum absolute atomic E-state index is 13.0. The van der Waals surface area contributed by atoms with E-state index in [0.29, 0.717) is 22.6 Å². The summed E-state index contributed by atoms with van der Waals surface area (Å²) in [5.41, 5.74) is 1.23. The van der Waals surface area contributed by atoms with Gasteiger partial charge in [0.1, 0.15) is 11.4 Å². The number of carbonyl (C=O) groups excluding carboxylic acids is 1. The third-order valence-corrected chi connectivity index (χ3v) is 2.89. The second-order valence-corrected chi connectivity index (χ2v) is 5.88. The van der Waals surface area contributed by atoms with Crippen molar-refractivity contribution in [2.24, 2.45) is 0 Å². The molecule has 0 unspecified atom stereocenters. The van der Waals surface area contributed by atoms with E-state index in [4.69, 9.17) is 9.47 Å². The zero-order valence-electron chi connectivity index (χ0n) is 13.5. The summed E-state index contributed by atoms with van der Waals surface area (Å²) < 4.78 is 23.6. The smallest absolute Gasteiger partial charge is 0.412 e. The number of benzene rings is 1. The van der Waals surface area contributed by atoms with Gasteiger partial charge in [-0.2, -0.15) is 4.39 Å². The average molecular weight is 318 g/mol. The number of methoxy groups -OCH3 is 1. The maximum Gasteiger partial charge on any atom is 0.412 e. The number of hydrogen-bond donors (Lipinski definition) is 1. The molecule has 0 saturated heterocycles. The van der Waals surface area contributed by atoms with Gasteiger partial charge in [0, 0.05) is 17.3 Å². The Morgan fingerprint density at radius 1 is 1.22 bits per heavy atom. The highest BCUT2D eigenvalue weighted by molar-refractivity contribution is 5.90. The number of hydrogen-bond acceptors (Lipinski definition) is 4. The first-order chi connectivity index (χ1) is 10.8. The average Bonchev–Trinajstić information content (AvgIpc) is 2.46. The first-order valence-electron chi connectivity index (χ1n) is 7.09. The highest BCUT2D eigenvalue weighted by atomic mass is 19.1. The molecule has 0 fully saturated rings. The fraction of sp³-hybridized carbons (Fsp3) is 0.294. The maximum atomic E-state index is 13.0. The van der Waals surface area contributed by atoms with Crippen LogP contribution in [0.15, 0.2) is 36.5 Å². The lowest BCUT2D eigenvalue weighted by Gasteiger charge is -2.21. The predicted octanol–water partition coefficient (Wildman–Crippen LogP) is 4.24. The lowest BCUT2D eigenvalue weighted by molar-refractivity contribution is 0.0635. The highest BCUT2D eigenvalue weighted by Crippen LogP contribution is 2.36. The standard InChI is InChI=1S/C17H19FN2O3/c1-17(2,3)23-16(21)20-13-7-5-6-12(15(13)22-4)11-8-9-14(18)19-10-11/h5-10H,1-4H3,(H,20,21). The molecule has 1 N–H and O–H groups in total. The van der Waals surface area contributed by atoms with Crippen molar-refractivity contribution in [2.75, 3.05) is 12.4 Å². The number of amides is 1. The fourth-order valence-electron chi connectivity index (χ4n) is 2.03. The minimum absolute atomic E-state index is 0.451. The molecule has 1 amide bonds. The number of para-hydroxylation sites is 1. The molecule has 2 rings (SSSR count). The van der Waals surface area contributed by atoms with E-state index in [1.807, 2.05) is 0 Å². The minimum Gasteiger partial charge on any atom is -0.494 e. The molecule has 2 aromatic rings. The Hall–Kier alpha value is -2.63. The number of carbonyl (C=O) groups is 1. The highest BCUT2D eigenvalue weighted by Gasteiger charge is 2.19. The number of ether oxygens (including phenoxy) is 2. The van der Waals surface area contributed by atoms with Gasteiger partial charge in [-0.15, -0.1) is 0 Å². The Morgan fingerprint density at radius 2 is 1.96 bits per heavy atom. The van der Waals surface area contributed by atoms with Crippen molar-refractivity contribution in [3.8, 4) is 16.9 Å². The van der Waals surface area contributed by atoms with E-state index >= 15 is 0 Å². The van der Waals surface area contributed by atoms with Gasteiger partial charge in [0.05, 0.1) is 12.8 Å². The van der Waals surface area contributed by atoms with E-state index in [-0.39, 0.29) is 0 Å². The summed E-state index contributed by atoms with van der Waals surface area (Å²) in [6, 6.07) is 8.12. The summed E-state index contributed by atoms with van der Waals surface area (Å²) in [5.74, 6) is -0.109. The van der Waals surface area contributed by atoms with Gasteiger partial charge in [0.2, 0.25) is 5.95 Å². The van der Waals surface area contributed by atoms with Gasteiger partial charge in [0.25, 0.3) is 0 Å². The number of pyridine rings is 1. The van der Waals surface area contributed by atoms with Crippen LogP contribution in [-0.4, -0.2) is 23.8 Å². The van der Waals surface area contributed by atoms with Crippen molar-refractivity contribution in [3.63, 3.8) is 0 Å². The van der Waals surface area contributed by atoms with Crippen molar-refractivity contribution in [1.82, 2.24) is 4.98 Å². The molecule has 1 aromatic carbocycles. The molecule has 0 radical (unpaired) electrons. The third kappa shape index (κ3) is 4.42. The lowest BCUT2D eigenvalue weighted by Crippen LogP contribution is -2.27. The topological polar surface area (TPSA) is 60.5 Å². The van der Waals surface area contributed by atoms with Gasteiger partial charge >= 0.3 is 6.09 Å². The Labute approximate surface area is 134 Å². The SMILES string of the molecule is COc1c(NC(=O)OC(C)(C)C)cccc1-c1ccc(F)nc1. The van der Waals surface area contributed by atoms with Crippen molar-refractivity contribution >= 4 is 11.8 Å². The number of nitrogens with one attached hydrogen (secondary N) is 1. The van der Waals surface area contributed by atoms with Crippen LogP contribution in [0.3, 0.4) is 0 Å². The molecule has 1 aromatic heterocycles. The van der Waals surface area contributed by atoms with Gasteiger partial charge in [-0.1, -0.05) is 12.1 Å². The molecular formula is C17H19FN2O3. The summed E-state index contributed by atoms with van der Waals surface area (Å²) >= 11 is 0. The normalized spacial score (nSPS) is 11.0. The number of anilines is 1. The van der Waals surface area contributed by atoms with Gasteiger partial charge < -0.3 is 9.47 Å². The van der Waals surface area contributed by atoms with Crippen LogP contribution in [0, 0.1) is 5.95 Å². The van der Waals surface area contributed by atoms with Crippen LogP contribution in [0.4, 0.5) is 14.9 Å². The molecule has 0 spiro atoms. The van der Waals surface area contributed by atoms with Crippen LogP contribution in [0.5, 0.6) is 5.75 Å². The second-order valence-electron chi connectivity index (χ2n) is 5.88. The number of aromatic nitrogens is 1. The van der Waals surface area contributed by atoms with Gasteiger partial charge in [0.15, 0.2) is 0 Å². The van der Waals surface area contributed by atoms with Crippen LogP contribution >= 0.6 is 0 Å². The second kappa shape index (κ2) is 6.64.